The Bertz CT molecular complexity index is 501. The van der Waals surface area contributed by atoms with Crippen LogP contribution in [0.25, 0.3) is 0 Å². The molecule has 1 aliphatic carbocycles. The van der Waals surface area contributed by atoms with Gasteiger partial charge in [-0.15, -0.1) is 0 Å². The van der Waals surface area contributed by atoms with E-state index in [0.29, 0.717) is 6.61 Å². The molecule has 1 aliphatic heterocycles. The summed E-state index contributed by atoms with van der Waals surface area (Å²) in [5, 5.41) is 10.0. The van der Waals surface area contributed by atoms with Gasteiger partial charge in [0, 0.05) is 30.3 Å². The number of hydrogen-bond donors (Lipinski definition) is 1. The van der Waals surface area contributed by atoms with Gasteiger partial charge < -0.3 is 10.0 Å². The van der Waals surface area contributed by atoms with Crippen molar-refractivity contribution in [3.05, 3.63) is 17.6 Å². The van der Waals surface area contributed by atoms with Crippen molar-refractivity contribution in [3.63, 3.8) is 0 Å². The number of nitrogens with zero attached hydrogens (tertiary/aromatic N) is 3. The topological polar surface area (TPSA) is 49.2 Å². The van der Waals surface area contributed by atoms with E-state index in [2.05, 4.69) is 16.8 Å². The molecule has 1 N–H and O–H groups in total. The number of aliphatic hydroxyl groups excluding tert-OH is 1. The van der Waals surface area contributed by atoms with E-state index in [1.54, 1.807) is 0 Å². The molecule has 21 heavy (non-hydrogen) atoms. The smallest absolute Gasteiger partial charge is 0.135 e. The minimum atomic E-state index is 0.0866. The van der Waals surface area contributed by atoms with Crippen LogP contribution in [0.5, 0.6) is 0 Å². The van der Waals surface area contributed by atoms with Crippen molar-refractivity contribution in [1.82, 2.24) is 9.97 Å². The van der Waals surface area contributed by atoms with Crippen molar-refractivity contribution in [2.24, 2.45) is 11.3 Å². The van der Waals surface area contributed by atoms with Crippen LogP contribution in [0.1, 0.15) is 50.4 Å². The van der Waals surface area contributed by atoms with Gasteiger partial charge in [-0.05, 0) is 38.5 Å². The molecule has 2 heterocycles. The third kappa shape index (κ3) is 3.20. The van der Waals surface area contributed by atoms with E-state index in [1.807, 2.05) is 13.1 Å². The summed E-state index contributed by atoms with van der Waals surface area (Å²) < 4.78 is 0. The SMILES string of the molecule is CCc1cnc(C)nc1N1CCC[C@](CO)(CC2CC2)C1. The van der Waals surface area contributed by atoms with E-state index >= 15 is 0 Å². The maximum Gasteiger partial charge on any atom is 0.135 e. The number of aliphatic hydroxyl groups is 1. The fourth-order valence-electron chi connectivity index (χ4n) is 3.69. The molecule has 2 fully saturated rings. The van der Waals surface area contributed by atoms with E-state index in [-0.39, 0.29) is 5.41 Å². The zero-order valence-electron chi connectivity index (χ0n) is 13.3. The van der Waals surface area contributed by atoms with Crippen molar-refractivity contribution in [2.45, 2.75) is 52.4 Å². The molecule has 0 spiro atoms. The minimum absolute atomic E-state index is 0.0866. The van der Waals surface area contributed by atoms with Crippen molar-refractivity contribution in [1.29, 1.82) is 0 Å². The van der Waals surface area contributed by atoms with Gasteiger partial charge in [0.2, 0.25) is 0 Å². The summed E-state index contributed by atoms with van der Waals surface area (Å²) in [5.74, 6) is 2.79. The second kappa shape index (κ2) is 5.91. The number of anilines is 1. The molecule has 1 aromatic rings. The normalized spacial score (nSPS) is 26.1. The Morgan fingerprint density at radius 1 is 1.43 bits per heavy atom. The fourth-order valence-corrected chi connectivity index (χ4v) is 3.69. The standard InChI is InChI=1S/C17H27N3O/c1-3-15-10-18-13(2)19-16(15)20-8-4-7-17(11-20,12-21)9-14-5-6-14/h10,14,21H,3-9,11-12H2,1-2H3/t17-/m0/s1. The molecule has 2 aliphatic rings. The molecular weight excluding hydrogens is 262 g/mol. The molecular formula is C17H27N3O. The Morgan fingerprint density at radius 2 is 2.24 bits per heavy atom. The van der Waals surface area contributed by atoms with Crippen molar-refractivity contribution >= 4 is 5.82 Å². The predicted molar refractivity (Wildman–Crippen MR) is 84.5 cm³/mol. The molecule has 4 heteroatoms. The van der Waals surface area contributed by atoms with Gasteiger partial charge in [-0.2, -0.15) is 0 Å². The molecule has 1 aromatic heterocycles. The number of hydrogen-bond acceptors (Lipinski definition) is 4. The molecule has 0 unspecified atom stereocenters. The first-order valence-corrected chi connectivity index (χ1v) is 8.34. The first-order valence-electron chi connectivity index (χ1n) is 8.34. The van der Waals surface area contributed by atoms with E-state index in [4.69, 9.17) is 4.98 Å². The molecule has 1 saturated heterocycles. The first-order chi connectivity index (χ1) is 10.2. The highest BCUT2D eigenvalue weighted by atomic mass is 16.3. The zero-order chi connectivity index (χ0) is 14.9. The van der Waals surface area contributed by atoms with Gasteiger partial charge in [-0.25, -0.2) is 9.97 Å². The highest BCUT2D eigenvalue weighted by Crippen LogP contribution is 2.45. The lowest BCUT2D eigenvalue weighted by molar-refractivity contribution is 0.0901. The average Bonchev–Trinajstić information content (AvgIpc) is 3.31. The number of rotatable bonds is 5. The largest absolute Gasteiger partial charge is 0.396 e. The van der Waals surface area contributed by atoms with Crippen LogP contribution in [0.15, 0.2) is 6.20 Å². The van der Waals surface area contributed by atoms with Gasteiger partial charge in [0.1, 0.15) is 11.6 Å². The van der Waals surface area contributed by atoms with Crippen LogP contribution in [0.3, 0.4) is 0 Å². The highest BCUT2D eigenvalue weighted by Gasteiger charge is 2.40. The van der Waals surface area contributed by atoms with Crippen molar-refractivity contribution < 1.29 is 5.11 Å². The van der Waals surface area contributed by atoms with Gasteiger partial charge in [-0.1, -0.05) is 19.8 Å². The quantitative estimate of drug-likeness (QED) is 0.905. The molecule has 0 aromatic carbocycles. The zero-order valence-corrected chi connectivity index (χ0v) is 13.3. The van der Waals surface area contributed by atoms with Crippen LogP contribution in [0.4, 0.5) is 5.82 Å². The summed E-state index contributed by atoms with van der Waals surface area (Å²) in [6.07, 6.45) is 9.13. The van der Waals surface area contributed by atoms with Gasteiger partial charge in [0.05, 0.1) is 6.61 Å². The molecule has 0 radical (unpaired) electrons. The van der Waals surface area contributed by atoms with E-state index in [1.165, 1.54) is 24.8 Å². The van der Waals surface area contributed by atoms with Crippen LogP contribution in [-0.2, 0) is 6.42 Å². The lowest BCUT2D eigenvalue weighted by Crippen LogP contribution is -2.46. The van der Waals surface area contributed by atoms with Gasteiger partial charge in [0.15, 0.2) is 0 Å². The van der Waals surface area contributed by atoms with Crippen LogP contribution >= 0.6 is 0 Å². The number of piperidine rings is 1. The summed E-state index contributed by atoms with van der Waals surface area (Å²) >= 11 is 0. The van der Waals surface area contributed by atoms with Crippen LogP contribution in [0, 0.1) is 18.3 Å². The maximum atomic E-state index is 10.0. The molecule has 4 nitrogen and oxygen atoms in total. The summed E-state index contributed by atoms with van der Waals surface area (Å²) in [7, 11) is 0. The molecule has 116 valence electrons. The molecule has 0 amide bonds. The van der Waals surface area contributed by atoms with Crippen LogP contribution in [0.2, 0.25) is 0 Å². The molecule has 1 saturated carbocycles. The number of aromatic nitrogens is 2. The minimum Gasteiger partial charge on any atom is -0.396 e. The van der Waals surface area contributed by atoms with Gasteiger partial charge >= 0.3 is 0 Å². The van der Waals surface area contributed by atoms with E-state index in [9.17, 15) is 5.11 Å². The fraction of sp³-hybridized carbons (Fsp3) is 0.765. The number of aryl methyl sites for hydroxylation is 2. The Balaban J connectivity index is 1.83. The van der Waals surface area contributed by atoms with Crippen LogP contribution in [-0.4, -0.2) is 34.8 Å². The Hall–Kier alpha value is -1.16. The average molecular weight is 289 g/mol. The van der Waals surface area contributed by atoms with Gasteiger partial charge in [-0.3, -0.25) is 0 Å². The molecule has 0 bridgehead atoms. The van der Waals surface area contributed by atoms with Gasteiger partial charge in [0.25, 0.3) is 0 Å². The summed E-state index contributed by atoms with van der Waals surface area (Å²) in [6, 6.07) is 0. The predicted octanol–water partition coefficient (Wildman–Crippen LogP) is 2.73. The van der Waals surface area contributed by atoms with E-state index in [0.717, 1.165) is 49.9 Å². The molecule has 1 atom stereocenters. The van der Waals surface area contributed by atoms with Crippen molar-refractivity contribution in [3.8, 4) is 0 Å². The third-order valence-corrected chi connectivity index (χ3v) is 5.06. The van der Waals surface area contributed by atoms with E-state index < -0.39 is 0 Å². The summed E-state index contributed by atoms with van der Waals surface area (Å²) in [6.45, 7) is 6.42. The lowest BCUT2D eigenvalue weighted by Gasteiger charge is -2.43. The monoisotopic (exact) mass is 289 g/mol. The maximum absolute atomic E-state index is 10.0. The lowest BCUT2D eigenvalue weighted by atomic mass is 9.76. The Kier molecular flexibility index (Phi) is 4.16. The first kappa shape index (κ1) is 14.8. The second-order valence-corrected chi connectivity index (χ2v) is 6.95. The summed E-state index contributed by atoms with van der Waals surface area (Å²) in [4.78, 5) is 11.4. The molecule has 3 rings (SSSR count). The Morgan fingerprint density at radius 3 is 2.90 bits per heavy atom. The van der Waals surface area contributed by atoms with Crippen LogP contribution < -0.4 is 4.90 Å². The second-order valence-electron chi connectivity index (χ2n) is 6.95. The summed E-state index contributed by atoms with van der Waals surface area (Å²) in [5.41, 5.74) is 1.31. The van der Waals surface area contributed by atoms with Crippen molar-refractivity contribution in [2.75, 3.05) is 24.6 Å². The highest BCUT2D eigenvalue weighted by molar-refractivity contribution is 5.47. The third-order valence-electron chi connectivity index (χ3n) is 5.06. The Labute approximate surface area is 127 Å².